The standard InChI is InChI=1S/C54H38N2/c1-4-15-39(16-5-1)40-29-31-41(32-30-40)42-33-35-48(36-34-42)55(46-20-6-2-7-21-46)49-24-13-18-44(38-49)43-17-12-19-45(37-43)50-26-14-28-53-54(50)51-25-10-11-27-52(51)56(53)47-22-8-3-9-23-47/h1-38H. The van der Waals surface area contributed by atoms with Gasteiger partial charge in [0.1, 0.15) is 0 Å². The quantitative estimate of drug-likeness (QED) is 0.152. The lowest BCUT2D eigenvalue weighted by Crippen LogP contribution is -2.09. The van der Waals surface area contributed by atoms with Crippen LogP contribution in [0, 0.1) is 0 Å². The van der Waals surface area contributed by atoms with Gasteiger partial charge in [-0.1, -0.05) is 164 Å². The van der Waals surface area contributed by atoms with Crippen molar-refractivity contribution in [3.8, 4) is 50.2 Å². The van der Waals surface area contributed by atoms with Gasteiger partial charge in [0.2, 0.25) is 0 Å². The van der Waals surface area contributed by atoms with Gasteiger partial charge in [0, 0.05) is 33.5 Å². The summed E-state index contributed by atoms with van der Waals surface area (Å²) in [5, 5.41) is 2.52. The summed E-state index contributed by atoms with van der Waals surface area (Å²) in [5.74, 6) is 0. The third-order valence-corrected chi connectivity index (χ3v) is 10.8. The Hall–Kier alpha value is -7.42. The predicted octanol–water partition coefficient (Wildman–Crippen LogP) is 14.9. The van der Waals surface area contributed by atoms with E-state index in [0.29, 0.717) is 0 Å². The van der Waals surface area contributed by atoms with Crippen LogP contribution in [0.5, 0.6) is 0 Å². The Morgan fingerprint density at radius 1 is 0.286 bits per heavy atom. The zero-order valence-corrected chi connectivity index (χ0v) is 30.8. The van der Waals surface area contributed by atoms with Gasteiger partial charge in [-0.25, -0.2) is 0 Å². The fourth-order valence-corrected chi connectivity index (χ4v) is 8.12. The summed E-state index contributed by atoms with van der Waals surface area (Å²) in [4.78, 5) is 2.34. The molecule has 0 aliphatic rings. The molecule has 2 heteroatoms. The highest BCUT2D eigenvalue weighted by atomic mass is 15.1. The number of nitrogens with zero attached hydrogens (tertiary/aromatic N) is 2. The molecular formula is C54H38N2. The number of para-hydroxylation sites is 3. The van der Waals surface area contributed by atoms with E-state index >= 15 is 0 Å². The van der Waals surface area contributed by atoms with Crippen LogP contribution in [0.2, 0.25) is 0 Å². The van der Waals surface area contributed by atoms with Crippen molar-refractivity contribution in [2.24, 2.45) is 0 Å². The lowest BCUT2D eigenvalue weighted by atomic mass is 9.95. The van der Waals surface area contributed by atoms with Gasteiger partial charge in [0.15, 0.2) is 0 Å². The highest BCUT2D eigenvalue weighted by molar-refractivity contribution is 6.15. The van der Waals surface area contributed by atoms with E-state index in [2.05, 4.69) is 240 Å². The van der Waals surface area contributed by atoms with E-state index in [1.54, 1.807) is 0 Å². The second-order valence-electron chi connectivity index (χ2n) is 14.2. The number of benzene rings is 9. The summed E-state index contributed by atoms with van der Waals surface area (Å²) >= 11 is 0. The van der Waals surface area contributed by atoms with Crippen molar-refractivity contribution in [1.82, 2.24) is 4.57 Å². The van der Waals surface area contributed by atoms with E-state index in [-0.39, 0.29) is 0 Å². The Balaban J connectivity index is 1.01. The van der Waals surface area contributed by atoms with E-state index < -0.39 is 0 Å². The van der Waals surface area contributed by atoms with Crippen molar-refractivity contribution in [3.63, 3.8) is 0 Å². The second kappa shape index (κ2) is 14.4. The maximum atomic E-state index is 2.38. The molecule has 0 saturated heterocycles. The number of fused-ring (bicyclic) bond motifs is 3. The molecule has 0 unspecified atom stereocenters. The minimum absolute atomic E-state index is 1.10. The largest absolute Gasteiger partial charge is 0.310 e. The summed E-state index contributed by atoms with van der Waals surface area (Å²) in [6.45, 7) is 0. The molecule has 9 aromatic carbocycles. The normalized spacial score (nSPS) is 11.2. The summed E-state index contributed by atoms with van der Waals surface area (Å²) in [5.41, 5.74) is 16.5. The van der Waals surface area contributed by atoms with Crippen LogP contribution in [0.25, 0.3) is 72.0 Å². The Labute approximate surface area is 327 Å². The summed E-state index contributed by atoms with van der Waals surface area (Å²) in [7, 11) is 0. The van der Waals surface area contributed by atoms with E-state index in [4.69, 9.17) is 0 Å². The maximum Gasteiger partial charge on any atom is 0.0547 e. The van der Waals surface area contributed by atoms with Crippen molar-refractivity contribution in [2.75, 3.05) is 4.90 Å². The van der Waals surface area contributed by atoms with Crippen molar-refractivity contribution >= 4 is 38.9 Å². The molecule has 1 heterocycles. The molecule has 0 bridgehead atoms. The predicted molar refractivity (Wildman–Crippen MR) is 237 cm³/mol. The highest BCUT2D eigenvalue weighted by Crippen LogP contribution is 2.41. The highest BCUT2D eigenvalue weighted by Gasteiger charge is 2.17. The lowest BCUT2D eigenvalue weighted by Gasteiger charge is -2.26. The number of aromatic nitrogens is 1. The summed E-state index contributed by atoms with van der Waals surface area (Å²) < 4.78 is 2.38. The van der Waals surface area contributed by atoms with Crippen molar-refractivity contribution in [1.29, 1.82) is 0 Å². The molecule has 0 radical (unpaired) electrons. The molecule has 0 amide bonds. The molecule has 0 aliphatic carbocycles. The van der Waals surface area contributed by atoms with Crippen molar-refractivity contribution in [3.05, 3.63) is 231 Å². The van der Waals surface area contributed by atoms with Crippen molar-refractivity contribution < 1.29 is 0 Å². The topological polar surface area (TPSA) is 8.17 Å². The van der Waals surface area contributed by atoms with Gasteiger partial charge in [0.05, 0.1) is 11.0 Å². The smallest absolute Gasteiger partial charge is 0.0547 e. The maximum absolute atomic E-state index is 2.38. The Bertz CT molecular complexity index is 2930. The zero-order valence-electron chi connectivity index (χ0n) is 30.8. The van der Waals surface area contributed by atoms with Crippen LogP contribution < -0.4 is 4.90 Å². The zero-order chi connectivity index (χ0) is 37.3. The van der Waals surface area contributed by atoms with E-state index in [0.717, 1.165) is 22.7 Å². The third kappa shape index (κ3) is 6.14. The minimum atomic E-state index is 1.10. The SMILES string of the molecule is c1ccc(-c2ccc(-c3ccc(N(c4ccccc4)c4cccc(-c5cccc(-c6cccc7c6c6ccccc6n7-c6ccccc6)c5)c4)cc3)cc2)cc1. The van der Waals surface area contributed by atoms with Crippen LogP contribution in [0.1, 0.15) is 0 Å². The molecule has 0 N–H and O–H groups in total. The molecular weight excluding hydrogens is 677 g/mol. The van der Waals surface area contributed by atoms with Gasteiger partial charge < -0.3 is 9.47 Å². The van der Waals surface area contributed by atoms with Crippen LogP contribution in [-0.2, 0) is 0 Å². The first-order valence-electron chi connectivity index (χ1n) is 19.2. The average Bonchev–Trinajstić information content (AvgIpc) is 3.63. The first-order valence-corrected chi connectivity index (χ1v) is 19.2. The molecule has 10 rings (SSSR count). The van der Waals surface area contributed by atoms with Crippen LogP contribution >= 0.6 is 0 Å². The minimum Gasteiger partial charge on any atom is -0.310 e. The molecule has 0 atom stereocenters. The van der Waals surface area contributed by atoms with E-state index in [1.165, 1.54) is 66.3 Å². The van der Waals surface area contributed by atoms with Crippen LogP contribution in [-0.4, -0.2) is 4.57 Å². The number of hydrogen-bond acceptors (Lipinski definition) is 1. The van der Waals surface area contributed by atoms with Gasteiger partial charge in [-0.2, -0.15) is 0 Å². The Kier molecular flexibility index (Phi) is 8.55. The van der Waals surface area contributed by atoms with Gasteiger partial charge >= 0.3 is 0 Å². The summed E-state index contributed by atoms with van der Waals surface area (Å²) in [6, 6.07) is 82.9. The molecule has 10 aromatic rings. The molecule has 56 heavy (non-hydrogen) atoms. The Morgan fingerprint density at radius 3 is 1.46 bits per heavy atom. The third-order valence-electron chi connectivity index (χ3n) is 10.8. The van der Waals surface area contributed by atoms with Crippen LogP contribution in [0.3, 0.4) is 0 Å². The lowest BCUT2D eigenvalue weighted by molar-refractivity contribution is 1.18. The van der Waals surface area contributed by atoms with Gasteiger partial charge in [0.25, 0.3) is 0 Å². The number of hydrogen-bond donors (Lipinski definition) is 0. The van der Waals surface area contributed by atoms with Crippen LogP contribution in [0.4, 0.5) is 17.1 Å². The molecule has 1 aromatic heterocycles. The van der Waals surface area contributed by atoms with E-state index in [9.17, 15) is 0 Å². The molecule has 264 valence electrons. The Morgan fingerprint density at radius 2 is 0.750 bits per heavy atom. The fraction of sp³-hybridized carbons (Fsp3) is 0. The average molecular weight is 715 g/mol. The molecule has 0 spiro atoms. The molecule has 0 fully saturated rings. The summed E-state index contributed by atoms with van der Waals surface area (Å²) in [6.07, 6.45) is 0. The van der Waals surface area contributed by atoms with Crippen LogP contribution in [0.15, 0.2) is 231 Å². The molecule has 0 saturated carbocycles. The number of rotatable bonds is 8. The number of anilines is 3. The van der Waals surface area contributed by atoms with Gasteiger partial charge in [-0.15, -0.1) is 0 Å². The van der Waals surface area contributed by atoms with Crippen molar-refractivity contribution in [2.45, 2.75) is 0 Å². The van der Waals surface area contributed by atoms with Gasteiger partial charge in [-0.3, -0.25) is 0 Å². The monoisotopic (exact) mass is 714 g/mol. The first-order chi connectivity index (χ1) is 27.8. The second-order valence-corrected chi connectivity index (χ2v) is 14.2. The van der Waals surface area contributed by atoms with E-state index in [1.807, 2.05) is 0 Å². The first kappa shape index (κ1) is 33.2. The fourth-order valence-electron chi connectivity index (χ4n) is 8.12. The van der Waals surface area contributed by atoms with Gasteiger partial charge in [-0.05, 0) is 111 Å². The molecule has 0 aliphatic heterocycles. The molecule has 2 nitrogen and oxygen atoms in total.